The van der Waals surface area contributed by atoms with Crippen LogP contribution in [-0.4, -0.2) is 34.4 Å². The number of aromatic nitrogens is 2. The van der Waals surface area contributed by atoms with Gasteiger partial charge in [0.15, 0.2) is 0 Å². The van der Waals surface area contributed by atoms with Crippen LogP contribution in [0.3, 0.4) is 0 Å². The van der Waals surface area contributed by atoms with Crippen molar-refractivity contribution in [2.24, 2.45) is 13.0 Å². The Balaban J connectivity index is 1.51. The maximum absolute atomic E-state index is 13.3. The second-order valence-electron chi connectivity index (χ2n) is 8.05. The molecule has 0 spiro atoms. The lowest BCUT2D eigenvalue weighted by molar-refractivity contribution is 0.261. The van der Waals surface area contributed by atoms with Crippen LogP contribution in [0, 0.1) is 18.7 Å². The second-order valence-corrected chi connectivity index (χ2v) is 8.05. The number of para-hydroxylation sites is 1. The summed E-state index contributed by atoms with van der Waals surface area (Å²) in [6.07, 6.45) is 0. The van der Waals surface area contributed by atoms with E-state index in [0.717, 1.165) is 35.6 Å². The number of halogens is 1. The van der Waals surface area contributed by atoms with Crippen LogP contribution in [0.15, 0.2) is 59.4 Å². The Kier molecular flexibility index (Phi) is 5.85. The molecular formula is C23H28FN5O. The Morgan fingerprint density at radius 2 is 1.83 bits per heavy atom. The molecule has 0 bridgehead atoms. The Labute approximate surface area is 175 Å². The van der Waals surface area contributed by atoms with E-state index in [9.17, 15) is 9.18 Å². The highest BCUT2D eigenvalue weighted by Crippen LogP contribution is 2.26. The summed E-state index contributed by atoms with van der Waals surface area (Å²) < 4.78 is 16.9. The van der Waals surface area contributed by atoms with Crippen LogP contribution < -0.4 is 16.4 Å². The maximum atomic E-state index is 13.3. The van der Waals surface area contributed by atoms with Gasteiger partial charge in [-0.3, -0.25) is 14.9 Å². The standard InChI is InChI=1S/C23H28FN5O/c1-16-21(23(30)29(28(16)3)20-7-5-4-6-8-20)15-27(2)14-18-13-25-26-22(18)17-9-11-19(24)12-10-17/h4-12,18,22,25-26H,13-15H2,1-3H3. The van der Waals surface area contributed by atoms with Gasteiger partial charge < -0.3 is 4.90 Å². The number of hydrazine groups is 1. The van der Waals surface area contributed by atoms with Crippen LogP contribution >= 0.6 is 0 Å². The first-order valence-electron chi connectivity index (χ1n) is 10.2. The van der Waals surface area contributed by atoms with Crippen molar-refractivity contribution in [2.45, 2.75) is 19.5 Å². The molecule has 1 aliphatic rings. The van der Waals surface area contributed by atoms with E-state index in [4.69, 9.17) is 0 Å². The first-order valence-corrected chi connectivity index (χ1v) is 10.2. The van der Waals surface area contributed by atoms with E-state index < -0.39 is 0 Å². The highest BCUT2D eigenvalue weighted by Gasteiger charge is 2.29. The van der Waals surface area contributed by atoms with Crippen LogP contribution in [0.5, 0.6) is 0 Å². The molecule has 2 unspecified atom stereocenters. The third-order valence-corrected chi connectivity index (χ3v) is 5.97. The molecule has 2 N–H and O–H groups in total. The van der Waals surface area contributed by atoms with E-state index in [0.29, 0.717) is 12.5 Å². The molecule has 1 fully saturated rings. The van der Waals surface area contributed by atoms with Gasteiger partial charge in [0.2, 0.25) is 0 Å². The van der Waals surface area contributed by atoms with Crippen molar-refractivity contribution in [2.75, 3.05) is 20.1 Å². The van der Waals surface area contributed by atoms with Gasteiger partial charge in [0.25, 0.3) is 5.56 Å². The Morgan fingerprint density at radius 3 is 2.53 bits per heavy atom. The number of benzene rings is 2. The summed E-state index contributed by atoms with van der Waals surface area (Å²) in [5, 5.41) is 0. The van der Waals surface area contributed by atoms with Crippen molar-refractivity contribution < 1.29 is 4.39 Å². The number of rotatable bonds is 6. The minimum absolute atomic E-state index is 0.0193. The van der Waals surface area contributed by atoms with Gasteiger partial charge in [-0.25, -0.2) is 14.5 Å². The quantitative estimate of drug-likeness (QED) is 0.657. The molecule has 1 aromatic heterocycles. The lowest BCUT2D eigenvalue weighted by Crippen LogP contribution is -2.32. The van der Waals surface area contributed by atoms with Crippen LogP contribution in [0.1, 0.15) is 22.9 Å². The van der Waals surface area contributed by atoms with E-state index in [1.807, 2.05) is 68.2 Å². The molecule has 0 saturated carbocycles. The highest BCUT2D eigenvalue weighted by molar-refractivity contribution is 5.33. The molecule has 6 nitrogen and oxygen atoms in total. The maximum Gasteiger partial charge on any atom is 0.276 e. The largest absolute Gasteiger partial charge is 0.301 e. The lowest BCUT2D eigenvalue weighted by Gasteiger charge is -2.24. The summed E-state index contributed by atoms with van der Waals surface area (Å²) in [5.74, 6) is 0.0773. The third-order valence-electron chi connectivity index (χ3n) is 5.97. The van der Waals surface area contributed by atoms with Crippen LogP contribution in [0.25, 0.3) is 5.69 Å². The van der Waals surface area contributed by atoms with Gasteiger partial charge in [-0.1, -0.05) is 30.3 Å². The first kappa shape index (κ1) is 20.5. The van der Waals surface area contributed by atoms with E-state index in [1.165, 1.54) is 12.1 Å². The van der Waals surface area contributed by atoms with Crippen molar-refractivity contribution in [3.63, 3.8) is 0 Å². The molecule has 1 aliphatic heterocycles. The lowest BCUT2D eigenvalue weighted by atomic mass is 9.94. The fourth-order valence-electron chi connectivity index (χ4n) is 4.27. The molecule has 0 amide bonds. The summed E-state index contributed by atoms with van der Waals surface area (Å²) in [6.45, 7) is 4.19. The Hall–Kier alpha value is -2.74. The monoisotopic (exact) mass is 409 g/mol. The van der Waals surface area contributed by atoms with E-state index >= 15 is 0 Å². The van der Waals surface area contributed by atoms with Crippen LogP contribution in [-0.2, 0) is 13.6 Å². The van der Waals surface area contributed by atoms with Gasteiger partial charge in [-0.15, -0.1) is 0 Å². The topological polar surface area (TPSA) is 54.2 Å². The molecule has 1 saturated heterocycles. The van der Waals surface area contributed by atoms with Crippen LogP contribution in [0.4, 0.5) is 4.39 Å². The Morgan fingerprint density at radius 1 is 1.13 bits per heavy atom. The zero-order valence-electron chi connectivity index (χ0n) is 17.6. The average Bonchev–Trinajstić information content (AvgIpc) is 3.28. The SMILES string of the molecule is Cc1c(CN(C)CC2CNNC2c2ccc(F)cc2)c(=O)n(-c2ccccc2)n1C. The number of hydrogen-bond acceptors (Lipinski definition) is 4. The van der Waals surface area contributed by atoms with E-state index in [-0.39, 0.29) is 17.4 Å². The van der Waals surface area contributed by atoms with E-state index in [1.54, 1.807) is 4.68 Å². The first-order chi connectivity index (χ1) is 14.5. The van der Waals surface area contributed by atoms with Crippen molar-refractivity contribution >= 4 is 0 Å². The van der Waals surface area contributed by atoms with Crippen molar-refractivity contribution in [3.8, 4) is 5.69 Å². The smallest absolute Gasteiger partial charge is 0.276 e. The normalized spacial score (nSPS) is 19.0. The molecule has 0 aliphatic carbocycles. The summed E-state index contributed by atoms with van der Waals surface area (Å²) in [7, 11) is 3.96. The number of hydrogen-bond donors (Lipinski definition) is 2. The van der Waals surface area contributed by atoms with Gasteiger partial charge >= 0.3 is 0 Å². The molecule has 30 heavy (non-hydrogen) atoms. The molecule has 158 valence electrons. The molecule has 4 rings (SSSR count). The number of nitrogens with one attached hydrogen (secondary N) is 2. The van der Waals surface area contributed by atoms with Crippen LogP contribution in [0.2, 0.25) is 0 Å². The van der Waals surface area contributed by atoms with E-state index in [2.05, 4.69) is 15.8 Å². The summed E-state index contributed by atoms with van der Waals surface area (Å²) in [5.41, 5.74) is 10.2. The summed E-state index contributed by atoms with van der Waals surface area (Å²) in [6, 6.07) is 16.4. The molecule has 7 heteroatoms. The van der Waals surface area contributed by atoms with Crippen molar-refractivity contribution in [1.29, 1.82) is 0 Å². The second kappa shape index (κ2) is 8.55. The predicted molar refractivity (Wildman–Crippen MR) is 116 cm³/mol. The number of nitrogens with zero attached hydrogens (tertiary/aromatic N) is 3. The average molecular weight is 410 g/mol. The predicted octanol–water partition coefficient (Wildman–Crippen LogP) is 2.52. The highest BCUT2D eigenvalue weighted by atomic mass is 19.1. The molecule has 2 aromatic carbocycles. The molecule has 3 aromatic rings. The summed E-state index contributed by atoms with van der Waals surface area (Å²) >= 11 is 0. The van der Waals surface area contributed by atoms with Crippen molar-refractivity contribution in [3.05, 3.63) is 87.6 Å². The van der Waals surface area contributed by atoms with Gasteiger partial charge in [-0.05, 0) is 43.8 Å². The van der Waals surface area contributed by atoms with Gasteiger partial charge in [0, 0.05) is 38.3 Å². The minimum Gasteiger partial charge on any atom is -0.301 e. The van der Waals surface area contributed by atoms with Gasteiger partial charge in [0.1, 0.15) is 5.82 Å². The third kappa shape index (κ3) is 3.96. The Bertz CT molecular complexity index is 1060. The molecule has 0 radical (unpaired) electrons. The molecule has 2 atom stereocenters. The molecular weight excluding hydrogens is 381 g/mol. The van der Waals surface area contributed by atoms with Crippen molar-refractivity contribution in [1.82, 2.24) is 25.1 Å². The summed E-state index contributed by atoms with van der Waals surface area (Å²) in [4.78, 5) is 15.3. The fourth-order valence-corrected chi connectivity index (χ4v) is 4.27. The molecule has 2 heterocycles. The fraction of sp³-hybridized carbons (Fsp3) is 0.348. The zero-order chi connectivity index (χ0) is 21.3. The zero-order valence-corrected chi connectivity index (χ0v) is 17.6. The minimum atomic E-state index is -0.229. The van der Waals surface area contributed by atoms with Gasteiger partial charge in [0.05, 0.1) is 17.3 Å². The van der Waals surface area contributed by atoms with Gasteiger partial charge in [-0.2, -0.15) is 0 Å².